The monoisotopic (exact) mass is 1230 g/mol. The third-order valence-corrected chi connectivity index (χ3v) is 17.5. The average Bonchev–Trinajstić information content (AvgIpc) is 1.51. The van der Waals surface area contributed by atoms with Gasteiger partial charge in [-0.15, -0.1) is 22.7 Å². The van der Waals surface area contributed by atoms with Crippen LogP contribution in [0.3, 0.4) is 0 Å². The lowest BCUT2D eigenvalue weighted by molar-refractivity contribution is -0.167. The normalized spacial score (nSPS) is 15.4. The van der Waals surface area contributed by atoms with Gasteiger partial charge in [-0.1, -0.05) is 121 Å². The summed E-state index contributed by atoms with van der Waals surface area (Å²) in [6.45, 7) is -2.19. The Morgan fingerprint density at radius 3 is 1.20 bits per heavy atom. The van der Waals surface area contributed by atoms with Gasteiger partial charge in [-0.25, -0.2) is 27.5 Å². The molecule has 16 nitrogen and oxygen atoms in total. The maximum absolute atomic E-state index is 16.2. The molecule has 22 heteroatoms. The van der Waals surface area contributed by atoms with Gasteiger partial charge in [-0.3, -0.25) is 28.8 Å². The van der Waals surface area contributed by atoms with Crippen LogP contribution in [0.2, 0.25) is 0 Å². The number of carbonyl (C=O) groups excluding carboxylic acids is 6. The largest absolute Gasteiger partial charge is 0.459 e. The van der Waals surface area contributed by atoms with Crippen molar-refractivity contribution in [2.24, 2.45) is 15.4 Å². The Kier molecular flexibility index (Phi) is 15.3. The van der Waals surface area contributed by atoms with Gasteiger partial charge in [0.25, 0.3) is 0 Å². The quantitative estimate of drug-likeness (QED) is 0.0322. The molecule has 0 bridgehead atoms. The van der Waals surface area contributed by atoms with Gasteiger partial charge >= 0.3 is 23.9 Å². The molecule has 2 heterocycles. The molecular weight excluding hydrogens is 1200 g/mol. The fraction of sp³-hybridized carbons (Fsp3) is 0.0882. The topological polar surface area (TPSA) is 259 Å². The Hall–Kier alpha value is -11.8. The molecule has 8 aromatic rings. The van der Waals surface area contributed by atoms with Crippen molar-refractivity contribution in [1.29, 1.82) is 21.0 Å². The summed E-state index contributed by atoms with van der Waals surface area (Å²) in [7, 11) is 0. The molecule has 0 amide bonds. The van der Waals surface area contributed by atoms with Crippen LogP contribution < -0.4 is 0 Å². The number of aliphatic imine (C=N–C) groups is 2. The zero-order valence-electron chi connectivity index (χ0n) is 45.9. The first-order valence-corrected chi connectivity index (χ1v) is 28.5. The van der Waals surface area contributed by atoms with Crippen LogP contribution in [0.1, 0.15) is 64.5 Å². The lowest BCUT2D eigenvalue weighted by Gasteiger charge is -2.29. The van der Waals surface area contributed by atoms with E-state index in [0.29, 0.717) is 46.5 Å². The standard InChI is InChI=1S/C68H34F4N6O10S2/c69-46-21-41-43(23-48(46)71)59(79)57(53(41)39(27-73)28-74)77-51-25-45-55(68(51,65(83)87-33-37-17-9-3-10-18-37)66(84)88-34-38-19-11-4-12-20-38)62-56(67(45,63(81)85-31-35-13-5-1-6-14-35)64(82)86-32-36-15-7-2-8-16-36)61-50(89-62)26-52(90-61)78-58-54(40(29-75)30-76)42-22-47(70)49(72)24-44(42)60(58)80/h1-26H,31-34H2/b77-57-,78-58-. The van der Waals surface area contributed by atoms with Crippen LogP contribution in [-0.2, 0) is 70.0 Å². The third kappa shape index (κ3) is 9.56. The van der Waals surface area contributed by atoms with Gasteiger partial charge in [-0.05, 0) is 64.2 Å². The maximum Gasteiger partial charge on any atom is 0.334 e. The van der Waals surface area contributed by atoms with Crippen molar-refractivity contribution < 1.29 is 65.3 Å². The highest BCUT2D eigenvalue weighted by atomic mass is 32.1. The number of carbonyl (C=O) groups is 6. The number of esters is 4. The number of nitrogens with zero attached hydrogens (tertiary/aromatic N) is 6. The molecule has 0 saturated carbocycles. The van der Waals surface area contributed by atoms with Crippen molar-refractivity contribution in [3.8, 4) is 24.3 Å². The molecule has 0 unspecified atom stereocenters. The number of allylic oxidation sites excluding steroid dienone is 5. The van der Waals surface area contributed by atoms with E-state index in [4.69, 9.17) is 18.9 Å². The molecule has 0 atom stereocenters. The highest BCUT2D eigenvalue weighted by Crippen LogP contribution is 2.66. The van der Waals surface area contributed by atoms with Gasteiger partial charge in [-0.2, -0.15) is 21.0 Å². The Morgan fingerprint density at radius 2 is 0.822 bits per heavy atom. The second-order valence-corrected chi connectivity index (χ2v) is 22.4. The van der Waals surface area contributed by atoms with Crippen molar-refractivity contribution in [1.82, 2.24) is 0 Å². The van der Waals surface area contributed by atoms with Crippen LogP contribution in [-0.4, -0.2) is 46.9 Å². The summed E-state index contributed by atoms with van der Waals surface area (Å²) in [5.74, 6) is -13.8. The van der Waals surface area contributed by atoms with Crippen LogP contribution in [0.15, 0.2) is 190 Å². The van der Waals surface area contributed by atoms with Crippen LogP contribution >= 0.6 is 22.7 Å². The van der Waals surface area contributed by atoms with Gasteiger partial charge < -0.3 is 18.9 Å². The highest BCUT2D eigenvalue weighted by Gasteiger charge is 2.71. The van der Waals surface area contributed by atoms with Crippen molar-refractivity contribution in [2.45, 2.75) is 31.8 Å². The van der Waals surface area contributed by atoms with E-state index in [-0.39, 0.29) is 30.4 Å². The van der Waals surface area contributed by atoms with Gasteiger partial charge in [0.2, 0.25) is 22.4 Å². The second kappa shape index (κ2) is 23.5. The summed E-state index contributed by atoms with van der Waals surface area (Å²) in [5.41, 5.74) is -12.6. The summed E-state index contributed by atoms with van der Waals surface area (Å²) in [6.07, 6.45) is 0.972. The van der Waals surface area contributed by atoms with Gasteiger partial charge in [0.15, 0.2) is 23.3 Å². The molecule has 436 valence electrons. The molecule has 2 aromatic heterocycles. The number of hydrogen-bond donors (Lipinski definition) is 0. The van der Waals surface area contributed by atoms with E-state index in [1.807, 2.05) is 0 Å². The highest BCUT2D eigenvalue weighted by molar-refractivity contribution is 7.30. The second-order valence-electron chi connectivity index (χ2n) is 20.3. The molecule has 0 N–H and O–H groups in total. The minimum Gasteiger partial charge on any atom is -0.459 e. The van der Waals surface area contributed by atoms with E-state index >= 15 is 28.0 Å². The fourth-order valence-corrected chi connectivity index (χ4v) is 13.8. The number of ether oxygens (including phenoxy) is 4. The predicted octanol–water partition coefficient (Wildman–Crippen LogP) is 12.3. The summed E-state index contributed by atoms with van der Waals surface area (Å²) < 4.78 is 84.9. The molecule has 0 spiro atoms. The zero-order valence-corrected chi connectivity index (χ0v) is 47.6. The van der Waals surface area contributed by atoms with E-state index in [9.17, 15) is 39.4 Å². The predicted molar refractivity (Wildman–Crippen MR) is 316 cm³/mol. The number of halogens is 4. The first kappa shape index (κ1) is 58.6. The molecule has 4 aliphatic rings. The van der Waals surface area contributed by atoms with E-state index < -0.39 is 163 Å². The Bertz CT molecular complexity index is 4750. The number of ketones is 2. The summed E-state index contributed by atoms with van der Waals surface area (Å²) in [6, 6.07) is 43.0. The molecule has 90 heavy (non-hydrogen) atoms. The van der Waals surface area contributed by atoms with Crippen molar-refractivity contribution in [3.05, 3.63) is 258 Å². The van der Waals surface area contributed by atoms with Gasteiger partial charge in [0.1, 0.15) is 78.3 Å². The van der Waals surface area contributed by atoms with Crippen molar-refractivity contribution in [3.63, 3.8) is 0 Å². The van der Waals surface area contributed by atoms with Crippen molar-refractivity contribution in [2.75, 3.05) is 0 Å². The molecule has 6 aromatic carbocycles. The number of rotatable bonds is 14. The molecular formula is C68H34F4N6O10S2. The molecule has 4 aliphatic carbocycles. The molecule has 0 saturated heterocycles. The Balaban J connectivity index is 1.17. The molecule has 0 radical (unpaired) electrons. The van der Waals surface area contributed by atoms with Gasteiger partial charge in [0.05, 0.1) is 10.4 Å². The third-order valence-electron chi connectivity index (χ3n) is 15.2. The van der Waals surface area contributed by atoms with E-state index in [0.717, 1.165) is 28.7 Å². The average molecular weight is 1240 g/mol. The number of fused-ring (bicyclic) bond motifs is 6. The number of thiophene rings is 2. The van der Waals surface area contributed by atoms with E-state index in [1.165, 1.54) is 6.07 Å². The summed E-state index contributed by atoms with van der Waals surface area (Å²) in [5, 5.41) is 40.9. The van der Waals surface area contributed by atoms with Crippen LogP contribution in [0.5, 0.6) is 0 Å². The minimum absolute atomic E-state index is 0.00251. The first-order chi connectivity index (χ1) is 43.6. The number of Topliss-reactive ketones (excluding diaryl/α,β-unsaturated/α-hetero) is 2. The van der Waals surface area contributed by atoms with Crippen LogP contribution in [0.4, 0.5) is 22.6 Å². The lowest BCUT2D eigenvalue weighted by atomic mass is 9.77. The number of hydrogen-bond acceptors (Lipinski definition) is 18. The lowest BCUT2D eigenvalue weighted by Crippen LogP contribution is -2.46. The smallest absolute Gasteiger partial charge is 0.334 e. The molecule has 0 fully saturated rings. The molecule has 12 rings (SSSR count). The zero-order chi connectivity index (χ0) is 63.2. The first-order valence-electron chi connectivity index (χ1n) is 26.8. The van der Waals surface area contributed by atoms with E-state index in [1.54, 1.807) is 146 Å². The molecule has 0 aliphatic heterocycles. The SMILES string of the molecule is N#CC(C#N)=C1/C(=N/C2=CC3=C(c4sc5cc(/N=C6\C(=O)c7cc(F)c(F)cc7C6=C(C#N)C#N)sc5c4C3(C(=O)OCc3ccccc3)C(=O)OCc3ccccc3)C2(C(=O)OCc2ccccc2)C(=O)OCc2ccccc2)C(=O)c2cc(F)c(F)cc21. The fourth-order valence-electron chi connectivity index (χ4n) is 11.1. The Labute approximate surface area is 514 Å². The van der Waals surface area contributed by atoms with Crippen LogP contribution in [0, 0.1) is 74.0 Å². The minimum atomic E-state index is -3.19. The van der Waals surface area contributed by atoms with Gasteiger partial charge in [0, 0.05) is 54.1 Å². The maximum atomic E-state index is 16.2. The van der Waals surface area contributed by atoms with Crippen molar-refractivity contribution >= 4 is 101 Å². The summed E-state index contributed by atoms with van der Waals surface area (Å²) in [4.78, 5) is 103. The summed E-state index contributed by atoms with van der Waals surface area (Å²) >= 11 is 1.47. The Morgan fingerprint density at radius 1 is 0.467 bits per heavy atom. The van der Waals surface area contributed by atoms with Crippen LogP contribution in [0.25, 0.3) is 26.1 Å². The number of benzene rings is 6. The van der Waals surface area contributed by atoms with E-state index in [2.05, 4.69) is 9.98 Å². The number of nitriles is 4.